The number of carbonyl (C=O) groups excluding carboxylic acids is 2. The van der Waals surface area contributed by atoms with Gasteiger partial charge in [0.15, 0.2) is 5.11 Å². The first-order valence-electron chi connectivity index (χ1n) is 12.0. The van der Waals surface area contributed by atoms with Gasteiger partial charge in [-0.25, -0.2) is 0 Å². The first kappa shape index (κ1) is 26.1. The van der Waals surface area contributed by atoms with E-state index in [0.29, 0.717) is 29.6 Å². The van der Waals surface area contributed by atoms with Crippen molar-refractivity contribution in [3.8, 4) is 0 Å². The number of hydrogen-bond acceptors (Lipinski definition) is 5. The molecule has 0 radical (unpaired) electrons. The molecule has 192 valence electrons. The highest BCUT2D eigenvalue weighted by atomic mass is 35.5. The fourth-order valence-electron chi connectivity index (χ4n) is 4.30. The molecule has 0 spiro atoms. The molecule has 2 fully saturated rings. The number of halogens is 2. The van der Waals surface area contributed by atoms with E-state index in [9.17, 15) is 9.59 Å². The van der Waals surface area contributed by atoms with Gasteiger partial charge in [-0.3, -0.25) is 19.4 Å². The number of hydrogen-bond donors (Lipinski definition) is 0. The third-order valence-corrected chi connectivity index (χ3v) is 7.15. The third kappa shape index (κ3) is 5.37. The molecule has 2 heterocycles. The second kappa shape index (κ2) is 11.5. The molecule has 6 nitrogen and oxygen atoms in total. The Balaban J connectivity index is 1.54. The highest BCUT2D eigenvalue weighted by Crippen LogP contribution is 2.35. The number of amides is 2. The van der Waals surface area contributed by atoms with Crippen molar-refractivity contribution in [2.75, 3.05) is 41.0 Å². The van der Waals surface area contributed by atoms with Crippen molar-refractivity contribution in [1.82, 2.24) is 0 Å². The molecule has 38 heavy (non-hydrogen) atoms. The summed E-state index contributed by atoms with van der Waals surface area (Å²) in [5, 5.41) is 0.654. The average Bonchev–Trinajstić information content (AvgIpc) is 2.94. The number of morpholine rings is 1. The molecular formula is C29H23Cl2N3O3S. The quantitative estimate of drug-likeness (QED) is 0.212. The van der Waals surface area contributed by atoms with Crippen molar-refractivity contribution in [2.24, 2.45) is 0 Å². The van der Waals surface area contributed by atoms with E-state index in [1.54, 1.807) is 24.3 Å². The van der Waals surface area contributed by atoms with Crippen molar-refractivity contribution in [3.05, 3.63) is 106 Å². The van der Waals surface area contributed by atoms with Crippen LogP contribution < -0.4 is 14.7 Å². The summed E-state index contributed by atoms with van der Waals surface area (Å²) in [7, 11) is 0. The maximum absolute atomic E-state index is 13.7. The van der Waals surface area contributed by atoms with Gasteiger partial charge in [0.2, 0.25) is 0 Å². The Hall–Kier alpha value is -3.49. The van der Waals surface area contributed by atoms with E-state index < -0.39 is 11.8 Å². The predicted octanol–water partition coefficient (Wildman–Crippen LogP) is 6.13. The minimum absolute atomic E-state index is 0.00696. The van der Waals surface area contributed by atoms with Crippen LogP contribution in [-0.2, 0) is 14.3 Å². The number of rotatable bonds is 5. The summed E-state index contributed by atoms with van der Waals surface area (Å²) in [5.74, 6) is -1.10. The maximum atomic E-state index is 13.7. The van der Waals surface area contributed by atoms with Crippen LogP contribution in [0.4, 0.5) is 17.1 Å². The lowest BCUT2D eigenvalue weighted by atomic mass is 10.1. The zero-order valence-corrected chi connectivity index (χ0v) is 22.5. The average molecular weight is 564 g/mol. The molecule has 2 saturated heterocycles. The van der Waals surface area contributed by atoms with E-state index in [2.05, 4.69) is 4.90 Å². The largest absolute Gasteiger partial charge is 0.378 e. The molecule has 0 N–H and O–H groups in total. The summed E-state index contributed by atoms with van der Waals surface area (Å²) in [6.45, 7) is 2.91. The maximum Gasteiger partial charge on any atom is 0.270 e. The number of ether oxygens (including phenoxy) is 1. The number of thiocarbonyl (C=S) groups is 1. The predicted molar refractivity (Wildman–Crippen MR) is 157 cm³/mol. The zero-order chi connectivity index (χ0) is 26.6. The molecule has 9 heteroatoms. The topological polar surface area (TPSA) is 53.1 Å². The van der Waals surface area contributed by atoms with E-state index in [0.717, 1.165) is 24.3 Å². The molecular weight excluding hydrogens is 541 g/mol. The van der Waals surface area contributed by atoms with Gasteiger partial charge in [0.05, 0.1) is 29.6 Å². The van der Waals surface area contributed by atoms with Crippen molar-refractivity contribution in [1.29, 1.82) is 0 Å². The van der Waals surface area contributed by atoms with Crippen LogP contribution >= 0.6 is 35.4 Å². The summed E-state index contributed by atoms with van der Waals surface area (Å²) >= 11 is 18.4. The zero-order valence-electron chi connectivity index (χ0n) is 20.2. The second-order valence-corrected chi connectivity index (χ2v) is 9.83. The molecule has 0 saturated carbocycles. The SMILES string of the molecule is O=C1/C(=C/C=C/c2ccccc2)C(=O)N(c2cc(Cl)ccc2Cl)C(=S)N1c1ccc(N2CCOCC2)cc1. The van der Waals surface area contributed by atoms with Crippen LogP contribution in [0.2, 0.25) is 10.0 Å². The highest BCUT2D eigenvalue weighted by molar-refractivity contribution is 7.81. The van der Waals surface area contributed by atoms with Crippen LogP contribution in [0.1, 0.15) is 5.56 Å². The van der Waals surface area contributed by atoms with Gasteiger partial charge in [-0.15, -0.1) is 0 Å². The first-order chi connectivity index (χ1) is 18.4. The highest BCUT2D eigenvalue weighted by Gasteiger charge is 2.41. The van der Waals surface area contributed by atoms with Crippen molar-refractivity contribution >= 4 is 75.5 Å². The number of nitrogens with zero attached hydrogens (tertiary/aromatic N) is 3. The van der Waals surface area contributed by atoms with Crippen LogP contribution in [0.25, 0.3) is 6.08 Å². The molecule has 0 atom stereocenters. The van der Waals surface area contributed by atoms with E-state index >= 15 is 0 Å². The summed E-state index contributed by atoms with van der Waals surface area (Å²) in [6.07, 6.45) is 4.99. The van der Waals surface area contributed by atoms with E-state index in [1.165, 1.54) is 15.9 Å². The summed E-state index contributed by atoms with van der Waals surface area (Å²) < 4.78 is 5.44. The lowest BCUT2D eigenvalue weighted by molar-refractivity contribution is -0.120. The van der Waals surface area contributed by atoms with Gasteiger partial charge < -0.3 is 9.64 Å². The van der Waals surface area contributed by atoms with Crippen molar-refractivity contribution in [2.45, 2.75) is 0 Å². The van der Waals surface area contributed by atoms with Crippen molar-refractivity contribution in [3.63, 3.8) is 0 Å². The lowest BCUT2D eigenvalue weighted by Gasteiger charge is -2.37. The molecule has 0 aliphatic carbocycles. The number of allylic oxidation sites excluding steroid dienone is 2. The first-order valence-corrected chi connectivity index (χ1v) is 13.1. The molecule has 5 rings (SSSR count). The summed E-state index contributed by atoms with van der Waals surface area (Å²) in [4.78, 5) is 32.2. The van der Waals surface area contributed by atoms with Gasteiger partial charge in [-0.2, -0.15) is 0 Å². The number of carbonyl (C=O) groups is 2. The van der Waals surface area contributed by atoms with E-state index in [4.69, 9.17) is 40.2 Å². The van der Waals surface area contributed by atoms with Crippen LogP contribution in [0.5, 0.6) is 0 Å². The smallest absolute Gasteiger partial charge is 0.270 e. The van der Waals surface area contributed by atoms with Crippen LogP contribution in [0.3, 0.4) is 0 Å². The molecule has 0 aromatic heterocycles. The van der Waals surface area contributed by atoms with Gasteiger partial charge in [0, 0.05) is 23.8 Å². The summed E-state index contributed by atoms with van der Waals surface area (Å²) in [6, 6.07) is 21.9. The number of benzene rings is 3. The molecule has 2 aliphatic heterocycles. The van der Waals surface area contributed by atoms with Crippen molar-refractivity contribution < 1.29 is 14.3 Å². The Labute approximate surface area is 236 Å². The van der Waals surface area contributed by atoms with E-state index in [-0.39, 0.29) is 15.7 Å². The molecule has 2 aliphatic rings. The molecule has 3 aromatic rings. The van der Waals surface area contributed by atoms with Crippen LogP contribution in [-0.4, -0.2) is 43.2 Å². The normalized spacial score (nSPS) is 17.7. The van der Waals surface area contributed by atoms with Gasteiger partial charge in [0.25, 0.3) is 11.8 Å². The second-order valence-electron chi connectivity index (χ2n) is 8.63. The summed E-state index contributed by atoms with van der Waals surface area (Å²) in [5.41, 5.74) is 2.72. The Bertz CT molecular complexity index is 1440. The Morgan fingerprint density at radius 1 is 0.816 bits per heavy atom. The van der Waals surface area contributed by atoms with Gasteiger partial charge in [0.1, 0.15) is 5.57 Å². The fourth-order valence-corrected chi connectivity index (χ4v) is 5.04. The standard InChI is InChI=1S/C29H23Cl2N3O3S/c30-21-9-14-25(31)26(19-21)34-28(36)24(8-4-7-20-5-2-1-3-6-20)27(35)33(29(34)38)23-12-10-22(11-13-23)32-15-17-37-18-16-32/h1-14,19H,15-18H2/b7-4+,24-8-. The Kier molecular flexibility index (Phi) is 7.90. The fraction of sp³-hybridized carbons (Fsp3) is 0.138. The third-order valence-electron chi connectivity index (χ3n) is 6.23. The minimum Gasteiger partial charge on any atom is -0.378 e. The van der Waals surface area contributed by atoms with Gasteiger partial charge in [-0.05, 0) is 66.3 Å². The molecule has 0 bridgehead atoms. The Morgan fingerprint density at radius 2 is 1.47 bits per heavy atom. The van der Waals surface area contributed by atoms with Gasteiger partial charge in [-0.1, -0.05) is 65.7 Å². The van der Waals surface area contributed by atoms with Crippen LogP contribution in [0.15, 0.2) is 90.5 Å². The Morgan fingerprint density at radius 3 is 2.18 bits per heavy atom. The van der Waals surface area contributed by atoms with E-state index in [1.807, 2.05) is 60.7 Å². The van der Waals surface area contributed by atoms with Gasteiger partial charge >= 0.3 is 0 Å². The van der Waals surface area contributed by atoms with Crippen LogP contribution in [0, 0.1) is 0 Å². The lowest BCUT2D eigenvalue weighted by Crippen LogP contribution is -2.57. The monoisotopic (exact) mass is 563 g/mol. The minimum atomic E-state index is -0.580. The molecule has 2 amide bonds. The number of anilines is 3. The molecule has 0 unspecified atom stereocenters. The molecule has 3 aromatic carbocycles.